The van der Waals surface area contributed by atoms with E-state index in [0.717, 1.165) is 37.7 Å². The van der Waals surface area contributed by atoms with Crippen LogP contribution in [0.4, 0.5) is 0 Å². The zero-order valence-corrected chi connectivity index (χ0v) is 15.0. The van der Waals surface area contributed by atoms with Crippen LogP contribution >= 0.6 is 24.8 Å². The molecule has 3 rings (SSSR count). The smallest absolute Gasteiger partial charge is 0.231 e. The number of hydrogen-bond donors (Lipinski definition) is 1. The standard InChI is InChI=1S/C17H25N3O.2ClH/c18-12-16(15-4-2-1-3-5-15)17(21)20-10-8-19(9-11-20)13-14-6-7-14;;/h1-5,14,16H,6-13,18H2;2*1H. The summed E-state index contributed by atoms with van der Waals surface area (Å²) in [5.74, 6) is 0.921. The van der Waals surface area contributed by atoms with E-state index in [1.807, 2.05) is 35.2 Å². The fourth-order valence-electron chi connectivity index (χ4n) is 3.10. The quantitative estimate of drug-likeness (QED) is 0.875. The lowest BCUT2D eigenvalue weighted by Gasteiger charge is -2.36. The molecule has 4 nitrogen and oxygen atoms in total. The Balaban J connectivity index is 0.00000132. The molecule has 1 unspecified atom stereocenters. The molecule has 2 fully saturated rings. The number of piperazine rings is 1. The minimum absolute atomic E-state index is 0. The van der Waals surface area contributed by atoms with Crippen molar-refractivity contribution in [1.29, 1.82) is 0 Å². The molecule has 1 heterocycles. The summed E-state index contributed by atoms with van der Waals surface area (Å²) in [5.41, 5.74) is 6.89. The first kappa shape index (κ1) is 20.2. The van der Waals surface area contributed by atoms with Gasteiger partial charge in [-0.2, -0.15) is 0 Å². The van der Waals surface area contributed by atoms with Crippen LogP contribution in [0.1, 0.15) is 24.3 Å². The molecule has 1 aliphatic carbocycles. The largest absolute Gasteiger partial charge is 0.340 e. The number of hydrogen-bond acceptors (Lipinski definition) is 3. The van der Waals surface area contributed by atoms with Crippen molar-refractivity contribution in [3.8, 4) is 0 Å². The monoisotopic (exact) mass is 359 g/mol. The van der Waals surface area contributed by atoms with E-state index < -0.39 is 0 Å². The maximum absolute atomic E-state index is 12.7. The summed E-state index contributed by atoms with van der Waals surface area (Å²) in [6.07, 6.45) is 2.78. The van der Waals surface area contributed by atoms with Crippen LogP contribution in [0.15, 0.2) is 30.3 Å². The average molecular weight is 360 g/mol. The number of rotatable bonds is 5. The summed E-state index contributed by atoms with van der Waals surface area (Å²) in [7, 11) is 0. The van der Waals surface area contributed by atoms with Crippen molar-refractivity contribution in [3.63, 3.8) is 0 Å². The van der Waals surface area contributed by atoms with Crippen LogP contribution in [0.3, 0.4) is 0 Å². The lowest BCUT2D eigenvalue weighted by Crippen LogP contribution is -2.51. The summed E-state index contributed by atoms with van der Waals surface area (Å²) in [5, 5.41) is 0. The normalized spacial score (nSPS) is 19.4. The number of nitrogens with zero attached hydrogens (tertiary/aromatic N) is 2. The van der Waals surface area contributed by atoms with Crippen LogP contribution in [0.25, 0.3) is 0 Å². The van der Waals surface area contributed by atoms with Gasteiger partial charge in [0.25, 0.3) is 0 Å². The van der Waals surface area contributed by atoms with Gasteiger partial charge in [0.05, 0.1) is 5.92 Å². The molecule has 2 aliphatic rings. The molecule has 2 N–H and O–H groups in total. The zero-order valence-electron chi connectivity index (χ0n) is 13.4. The molecule has 1 amide bonds. The van der Waals surface area contributed by atoms with Crippen LogP contribution < -0.4 is 5.73 Å². The summed E-state index contributed by atoms with van der Waals surface area (Å²) in [6.45, 7) is 5.30. The summed E-state index contributed by atoms with van der Waals surface area (Å²) < 4.78 is 0. The van der Waals surface area contributed by atoms with E-state index in [1.54, 1.807) is 0 Å². The highest BCUT2D eigenvalue weighted by Gasteiger charge is 2.30. The minimum Gasteiger partial charge on any atom is -0.340 e. The first-order chi connectivity index (χ1) is 10.3. The molecular formula is C17H27Cl2N3O. The van der Waals surface area contributed by atoms with Gasteiger partial charge in [-0.25, -0.2) is 0 Å². The molecule has 23 heavy (non-hydrogen) atoms. The van der Waals surface area contributed by atoms with Crippen LogP contribution in [0, 0.1) is 5.92 Å². The highest BCUT2D eigenvalue weighted by atomic mass is 35.5. The van der Waals surface area contributed by atoms with Gasteiger partial charge in [0.15, 0.2) is 0 Å². The van der Waals surface area contributed by atoms with Gasteiger partial charge < -0.3 is 10.6 Å². The maximum atomic E-state index is 12.7. The van der Waals surface area contributed by atoms with Gasteiger partial charge in [0.1, 0.15) is 0 Å². The third kappa shape index (κ3) is 5.35. The molecule has 6 heteroatoms. The van der Waals surface area contributed by atoms with Crippen molar-refractivity contribution in [3.05, 3.63) is 35.9 Å². The highest BCUT2D eigenvalue weighted by Crippen LogP contribution is 2.30. The maximum Gasteiger partial charge on any atom is 0.231 e. The fraction of sp³-hybridized carbons (Fsp3) is 0.588. The Labute approximate surface area is 151 Å². The lowest BCUT2D eigenvalue weighted by molar-refractivity contribution is -0.134. The van der Waals surface area contributed by atoms with Crippen LogP contribution in [0.2, 0.25) is 0 Å². The Kier molecular flexibility index (Phi) is 8.34. The molecule has 0 spiro atoms. The van der Waals surface area contributed by atoms with E-state index in [1.165, 1.54) is 19.4 Å². The highest BCUT2D eigenvalue weighted by molar-refractivity contribution is 5.85. The average Bonchev–Trinajstić information content (AvgIpc) is 3.34. The third-order valence-corrected chi connectivity index (χ3v) is 4.63. The number of amides is 1. The Morgan fingerprint density at radius 1 is 1.09 bits per heavy atom. The van der Waals surface area contributed by atoms with Gasteiger partial charge in [-0.1, -0.05) is 30.3 Å². The van der Waals surface area contributed by atoms with Crippen molar-refractivity contribution >= 4 is 30.7 Å². The topological polar surface area (TPSA) is 49.6 Å². The second-order valence-corrected chi connectivity index (χ2v) is 6.27. The molecule has 1 aliphatic heterocycles. The number of halogens is 2. The minimum atomic E-state index is -0.193. The number of nitrogens with two attached hydrogens (primary N) is 1. The van der Waals surface area contributed by atoms with Gasteiger partial charge >= 0.3 is 0 Å². The second kappa shape index (κ2) is 9.48. The van der Waals surface area contributed by atoms with E-state index in [2.05, 4.69) is 4.90 Å². The third-order valence-electron chi connectivity index (χ3n) is 4.63. The van der Waals surface area contributed by atoms with E-state index in [9.17, 15) is 4.79 Å². The Bertz CT molecular complexity index is 474. The molecule has 0 bridgehead atoms. The van der Waals surface area contributed by atoms with E-state index in [-0.39, 0.29) is 36.6 Å². The van der Waals surface area contributed by atoms with Crippen molar-refractivity contribution in [2.24, 2.45) is 11.7 Å². The van der Waals surface area contributed by atoms with Crippen molar-refractivity contribution in [2.75, 3.05) is 39.3 Å². The Morgan fingerprint density at radius 3 is 2.22 bits per heavy atom. The second-order valence-electron chi connectivity index (χ2n) is 6.27. The molecule has 0 radical (unpaired) electrons. The summed E-state index contributed by atoms with van der Waals surface area (Å²) >= 11 is 0. The molecule has 1 aromatic carbocycles. The summed E-state index contributed by atoms with van der Waals surface area (Å²) in [6, 6.07) is 9.91. The SMILES string of the molecule is Cl.Cl.NCC(C(=O)N1CCN(CC2CC2)CC1)c1ccccc1. The summed E-state index contributed by atoms with van der Waals surface area (Å²) in [4.78, 5) is 17.2. The number of carbonyl (C=O) groups excluding carboxylic acids is 1. The lowest BCUT2D eigenvalue weighted by atomic mass is 9.97. The molecule has 130 valence electrons. The first-order valence-corrected chi connectivity index (χ1v) is 8.04. The Hall–Kier alpha value is -0.810. The Morgan fingerprint density at radius 2 is 1.70 bits per heavy atom. The van der Waals surface area contributed by atoms with Gasteiger partial charge in [0, 0.05) is 39.3 Å². The molecular weight excluding hydrogens is 333 g/mol. The predicted octanol–water partition coefficient (Wildman–Crippen LogP) is 2.13. The first-order valence-electron chi connectivity index (χ1n) is 8.04. The van der Waals surface area contributed by atoms with Crippen LogP contribution in [-0.4, -0.2) is 55.0 Å². The van der Waals surface area contributed by atoms with Crippen LogP contribution in [0.5, 0.6) is 0 Å². The molecule has 1 aromatic rings. The number of benzene rings is 1. The van der Waals surface area contributed by atoms with Gasteiger partial charge in [0.2, 0.25) is 5.91 Å². The van der Waals surface area contributed by atoms with Crippen molar-refractivity contribution in [1.82, 2.24) is 9.80 Å². The molecule has 1 saturated heterocycles. The van der Waals surface area contributed by atoms with E-state index in [0.29, 0.717) is 6.54 Å². The van der Waals surface area contributed by atoms with Gasteiger partial charge in [-0.05, 0) is 24.3 Å². The van der Waals surface area contributed by atoms with Crippen molar-refractivity contribution < 1.29 is 4.79 Å². The fourth-order valence-corrected chi connectivity index (χ4v) is 3.10. The molecule has 1 atom stereocenters. The van der Waals surface area contributed by atoms with E-state index in [4.69, 9.17) is 5.73 Å². The molecule has 0 aromatic heterocycles. The van der Waals surface area contributed by atoms with E-state index >= 15 is 0 Å². The van der Waals surface area contributed by atoms with Gasteiger partial charge in [-0.15, -0.1) is 24.8 Å². The zero-order chi connectivity index (χ0) is 14.7. The van der Waals surface area contributed by atoms with Crippen LogP contribution in [-0.2, 0) is 4.79 Å². The predicted molar refractivity (Wildman–Crippen MR) is 98.5 cm³/mol. The molecule has 1 saturated carbocycles. The van der Waals surface area contributed by atoms with Crippen molar-refractivity contribution in [2.45, 2.75) is 18.8 Å². The number of carbonyl (C=O) groups is 1. The van der Waals surface area contributed by atoms with Gasteiger partial charge in [-0.3, -0.25) is 9.69 Å².